The molecule has 0 radical (unpaired) electrons. The average Bonchev–Trinajstić information content (AvgIpc) is 2.90. The first-order valence-electron chi connectivity index (χ1n) is 6.87. The summed E-state index contributed by atoms with van der Waals surface area (Å²) < 4.78 is 5.49. The summed E-state index contributed by atoms with van der Waals surface area (Å²) in [5.74, 6) is 0.928. The van der Waals surface area contributed by atoms with Gasteiger partial charge in [0.15, 0.2) is 0 Å². The quantitative estimate of drug-likeness (QED) is 0.903. The van der Waals surface area contributed by atoms with Gasteiger partial charge in [-0.1, -0.05) is 39.0 Å². The van der Waals surface area contributed by atoms with Crippen LogP contribution in [-0.2, 0) is 5.41 Å². The first-order valence-corrected chi connectivity index (χ1v) is 7.69. The molecule has 1 heterocycles. The van der Waals surface area contributed by atoms with Gasteiger partial charge in [-0.05, 0) is 30.7 Å². The van der Waals surface area contributed by atoms with E-state index >= 15 is 0 Å². The molecule has 0 saturated heterocycles. The highest BCUT2D eigenvalue weighted by molar-refractivity contribution is 7.12. The summed E-state index contributed by atoms with van der Waals surface area (Å²) in [5.41, 5.74) is 1.38. The van der Waals surface area contributed by atoms with Gasteiger partial charge in [0, 0.05) is 15.3 Å². The fourth-order valence-corrected chi connectivity index (χ4v) is 3.46. The minimum absolute atomic E-state index is 0.173. The van der Waals surface area contributed by atoms with Crippen molar-refractivity contribution < 1.29 is 4.74 Å². The van der Waals surface area contributed by atoms with Gasteiger partial charge in [0.05, 0.1) is 13.2 Å². The van der Waals surface area contributed by atoms with Crippen molar-refractivity contribution in [2.24, 2.45) is 0 Å². The number of thiophene rings is 1. The van der Waals surface area contributed by atoms with Crippen LogP contribution in [0.4, 0.5) is 0 Å². The lowest BCUT2D eigenvalue weighted by Crippen LogP contribution is -2.17. The van der Waals surface area contributed by atoms with Crippen LogP contribution in [0.15, 0.2) is 36.4 Å². The van der Waals surface area contributed by atoms with Gasteiger partial charge in [-0.15, -0.1) is 11.3 Å². The van der Waals surface area contributed by atoms with Crippen molar-refractivity contribution in [2.75, 3.05) is 14.2 Å². The summed E-state index contributed by atoms with van der Waals surface area (Å²) >= 11 is 1.87. The summed E-state index contributed by atoms with van der Waals surface area (Å²) in [6.45, 7) is 6.75. The third kappa shape index (κ3) is 3.05. The van der Waals surface area contributed by atoms with Gasteiger partial charge in [-0.3, -0.25) is 0 Å². The molecule has 0 aliphatic carbocycles. The van der Waals surface area contributed by atoms with E-state index in [9.17, 15) is 0 Å². The first kappa shape index (κ1) is 15.1. The van der Waals surface area contributed by atoms with Crippen molar-refractivity contribution in [3.05, 3.63) is 51.7 Å². The molecule has 108 valence electrons. The van der Waals surface area contributed by atoms with Crippen molar-refractivity contribution in [3.8, 4) is 5.75 Å². The van der Waals surface area contributed by atoms with Gasteiger partial charge in [0.2, 0.25) is 0 Å². The number of rotatable bonds is 4. The largest absolute Gasteiger partial charge is 0.496 e. The Hall–Kier alpha value is -1.32. The van der Waals surface area contributed by atoms with E-state index in [1.165, 1.54) is 15.3 Å². The third-order valence-electron chi connectivity index (χ3n) is 3.39. The lowest BCUT2D eigenvalue weighted by atomic mass is 9.95. The highest BCUT2D eigenvalue weighted by Gasteiger charge is 2.21. The SMILES string of the molecule is CNC(c1ccc(C(C)(C)C)s1)c1ccccc1OC. The van der Waals surface area contributed by atoms with Crippen LogP contribution in [0, 0.1) is 0 Å². The maximum absolute atomic E-state index is 5.49. The molecule has 0 amide bonds. The van der Waals surface area contributed by atoms with Gasteiger partial charge in [-0.25, -0.2) is 0 Å². The van der Waals surface area contributed by atoms with E-state index in [2.05, 4.69) is 50.4 Å². The average molecular weight is 289 g/mol. The Morgan fingerprint density at radius 1 is 1.10 bits per heavy atom. The molecule has 3 heteroatoms. The minimum atomic E-state index is 0.173. The monoisotopic (exact) mass is 289 g/mol. The fourth-order valence-electron chi connectivity index (χ4n) is 2.27. The van der Waals surface area contributed by atoms with Crippen molar-refractivity contribution in [1.82, 2.24) is 5.32 Å². The Morgan fingerprint density at radius 3 is 2.35 bits per heavy atom. The zero-order valence-corrected chi connectivity index (χ0v) is 13.7. The topological polar surface area (TPSA) is 21.3 Å². The predicted octanol–water partition coefficient (Wildman–Crippen LogP) is 4.36. The van der Waals surface area contributed by atoms with Crippen LogP contribution in [0.5, 0.6) is 5.75 Å². The smallest absolute Gasteiger partial charge is 0.124 e. The van der Waals surface area contributed by atoms with Crippen LogP contribution in [0.3, 0.4) is 0 Å². The molecule has 1 aromatic heterocycles. The summed E-state index contributed by atoms with van der Waals surface area (Å²) in [6, 6.07) is 12.8. The standard InChI is InChI=1S/C17H23NOS/c1-17(2,3)15-11-10-14(20-15)16(18-4)12-8-6-7-9-13(12)19-5/h6-11,16,18H,1-5H3. The van der Waals surface area contributed by atoms with E-state index in [4.69, 9.17) is 4.74 Å². The number of nitrogens with one attached hydrogen (secondary N) is 1. The molecule has 1 aromatic carbocycles. The van der Waals surface area contributed by atoms with Crippen molar-refractivity contribution in [1.29, 1.82) is 0 Å². The van der Waals surface area contributed by atoms with Crippen LogP contribution in [-0.4, -0.2) is 14.2 Å². The molecule has 0 aliphatic heterocycles. The third-order valence-corrected chi connectivity index (χ3v) is 4.96. The number of methoxy groups -OCH3 is 1. The molecule has 1 N–H and O–H groups in total. The number of benzene rings is 1. The number of hydrogen-bond donors (Lipinski definition) is 1. The van der Waals surface area contributed by atoms with Crippen LogP contribution < -0.4 is 10.1 Å². The normalized spacial score (nSPS) is 13.2. The molecule has 20 heavy (non-hydrogen) atoms. The molecule has 0 bridgehead atoms. The molecule has 0 spiro atoms. The van der Waals surface area contributed by atoms with Crippen LogP contribution in [0.25, 0.3) is 0 Å². The Balaban J connectivity index is 2.40. The molecule has 0 fully saturated rings. The van der Waals surface area contributed by atoms with E-state index in [0.717, 1.165) is 5.75 Å². The lowest BCUT2D eigenvalue weighted by molar-refractivity contribution is 0.405. The number of hydrogen-bond acceptors (Lipinski definition) is 3. The molecular formula is C17H23NOS. The Morgan fingerprint density at radius 2 is 1.80 bits per heavy atom. The summed E-state index contributed by atoms with van der Waals surface area (Å²) in [4.78, 5) is 2.73. The van der Waals surface area contributed by atoms with Crippen LogP contribution >= 0.6 is 11.3 Å². The van der Waals surface area contributed by atoms with E-state index < -0.39 is 0 Å². The lowest BCUT2D eigenvalue weighted by Gasteiger charge is -2.19. The van der Waals surface area contributed by atoms with E-state index in [0.29, 0.717) is 0 Å². The second kappa shape index (κ2) is 5.98. The van der Waals surface area contributed by atoms with Gasteiger partial charge in [0.25, 0.3) is 0 Å². The Labute approximate surface area is 125 Å². The second-order valence-corrected chi connectivity index (χ2v) is 7.03. The van der Waals surface area contributed by atoms with Crippen molar-refractivity contribution in [2.45, 2.75) is 32.2 Å². The fraction of sp³-hybridized carbons (Fsp3) is 0.412. The van der Waals surface area contributed by atoms with E-state index in [1.807, 2.05) is 30.5 Å². The van der Waals surface area contributed by atoms with Gasteiger partial charge in [-0.2, -0.15) is 0 Å². The predicted molar refractivity (Wildman–Crippen MR) is 86.9 cm³/mol. The second-order valence-electron chi connectivity index (χ2n) is 5.92. The molecule has 0 saturated carbocycles. The van der Waals surface area contributed by atoms with E-state index in [-0.39, 0.29) is 11.5 Å². The molecule has 2 nitrogen and oxygen atoms in total. The zero-order chi connectivity index (χ0) is 14.8. The molecule has 2 aromatic rings. The highest BCUT2D eigenvalue weighted by Crippen LogP contribution is 2.36. The molecule has 0 aliphatic rings. The van der Waals surface area contributed by atoms with Crippen molar-refractivity contribution >= 4 is 11.3 Å². The van der Waals surface area contributed by atoms with Crippen molar-refractivity contribution in [3.63, 3.8) is 0 Å². The van der Waals surface area contributed by atoms with Crippen LogP contribution in [0.2, 0.25) is 0 Å². The number of para-hydroxylation sites is 1. The van der Waals surface area contributed by atoms with Gasteiger partial charge < -0.3 is 10.1 Å². The van der Waals surface area contributed by atoms with E-state index in [1.54, 1.807) is 7.11 Å². The summed E-state index contributed by atoms with van der Waals surface area (Å²) in [7, 11) is 3.72. The first-order chi connectivity index (χ1) is 9.47. The van der Waals surface area contributed by atoms with Crippen LogP contribution in [0.1, 0.15) is 42.1 Å². The molecule has 2 rings (SSSR count). The summed E-state index contributed by atoms with van der Waals surface area (Å²) in [5, 5.41) is 3.40. The van der Waals surface area contributed by atoms with Gasteiger partial charge in [0.1, 0.15) is 5.75 Å². The molecular weight excluding hydrogens is 266 g/mol. The minimum Gasteiger partial charge on any atom is -0.496 e. The maximum atomic E-state index is 5.49. The highest BCUT2D eigenvalue weighted by atomic mass is 32.1. The maximum Gasteiger partial charge on any atom is 0.124 e. The summed E-state index contributed by atoms with van der Waals surface area (Å²) in [6.07, 6.45) is 0. The molecule has 1 atom stereocenters. The Bertz CT molecular complexity index is 568. The molecule has 1 unspecified atom stereocenters. The Kier molecular flexibility index (Phi) is 4.51. The van der Waals surface area contributed by atoms with Gasteiger partial charge >= 0.3 is 0 Å². The number of ether oxygens (including phenoxy) is 1. The zero-order valence-electron chi connectivity index (χ0n) is 12.9.